The lowest BCUT2D eigenvalue weighted by molar-refractivity contribution is 0.0450. The van der Waals surface area contributed by atoms with Crippen molar-refractivity contribution in [3.8, 4) is 0 Å². The average Bonchev–Trinajstić information content (AvgIpc) is 2.69. The third-order valence-electron chi connectivity index (χ3n) is 3.83. The van der Waals surface area contributed by atoms with E-state index in [0.29, 0.717) is 13.2 Å². The van der Waals surface area contributed by atoms with Crippen LogP contribution >= 0.6 is 0 Å². The smallest absolute Gasteiger partial charge is 0.339 e. The summed E-state index contributed by atoms with van der Waals surface area (Å²) < 4.78 is 10.6. The fourth-order valence-electron chi connectivity index (χ4n) is 2.38. The van der Waals surface area contributed by atoms with E-state index in [4.69, 9.17) is 9.47 Å². The van der Waals surface area contributed by atoms with Crippen LogP contribution in [0, 0.1) is 0 Å². The lowest BCUT2D eigenvalue weighted by Crippen LogP contribution is -2.15. The molecule has 146 valence electrons. The highest BCUT2D eigenvalue weighted by molar-refractivity contribution is 6.03. The van der Waals surface area contributed by atoms with Crippen LogP contribution in [0.5, 0.6) is 0 Å². The Balaban J connectivity index is 0.00000301. The third-order valence-corrected chi connectivity index (χ3v) is 3.83. The first-order chi connectivity index (χ1) is 12.7. The Bertz CT molecular complexity index is 466. The van der Waals surface area contributed by atoms with E-state index in [0.717, 1.165) is 51.4 Å². The summed E-state index contributed by atoms with van der Waals surface area (Å²) in [6.07, 6.45) is 8.35. The van der Waals surface area contributed by atoms with Crippen molar-refractivity contribution in [3.63, 3.8) is 0 Å². The molecule has 0 bridgehead atoms. The van der Waals surface area contributed by atoms with E-state index in [1.165, 1.54) is 0 Å². The molecule has 0 fully saturated rings. The van der Waals surface area contributed by atoms with Gasteiger partial charge in [0.1, 0.15) is 0 Å². The second-order valence-corrected chi connectivity index (χ2v) is 5.94. The Kier molecular flexibility index (Phi) is 15.1. The Morgan fingerprint density at radius 1 is 0.731 bits per heavy atom. The topological polar surface area (TPSA) is 52.6 Å². The monoisotopic (exact) mass is 362 g/mol. The van der Waals surface area contributed by atoms with Crippen LogP contribution in [0.1, 0.15) is 85.9 Å². The molecule has 0 unspecified atom stereocenters. The van der Waals surface area contributed by atoms with Gasteiger partial charge in [-0.3, -0.25) is 0 Å². The zero-order valence-electron chi connectivity index (χ0n) is 16.4. The Morgan fingerprint density at radius 3 is 1.46 bits per heavy atom. The Morgan fingerprint density at radius 2 is 1.12 bits per heavy atom. The van der Waals surface area contributed by atoms with Crippen molar-refractivity contribution in [1.82, 2.24) is 0 Å². The van der Waals surface area contributed by atoms with E-state index >= 15 is 0 Å². The van der Waals surface area contributed by atoms with E-state index in [1.807, 2.05) is 0 Å². The van der Waals surface area contributed by atoms with Crippen LogP contribution in [0.4, 0.5) is 0 Å². The standard InChI is InChI=1S/C20H30O4.C2H4/c1-3-5-7-11-15-23-19(21)17-13-9-10-14-18(17)20(22)24-16-12-8-6-4-2;1-2/h9-10,13-14H,3-8,11-12,15-16H2,1-2H3;1-2H2. The van der Waals surface area contributed by atoms with Gasteiger partial charge in [-0.1, -0.05) is 64.5 Å². The molecule has 0 aliphatic carbocycles. The summed E-state index contributed by atoms with van der Waals surface area (Å²) >= 11 is 0. The SMILES string of the molecule is C=C.CCCCCCOC(=O)c1ccccc1C(=O)OCCCCCC. The molecule has 0 saturated heterocycles. The summed E-state index contributed by atoms with van der Waals surface area (Å²) in [6, 6.07) is 6.68. The van der Waals surface area contributed by atoms with Crippen LogP contribution in [0.15, 0.2) is 37.4 Å². The molecular formula is C22H34O4. The van der Waals surface area contributed by atoms with Gasteiger partial charge in [-0.05, 0) is 25.0 Å². The van der Waals surface area contributed by atoms with Gasteiger partial charge in [-0.2, -0.15) is 0 Å². The predicted octanol–water partition coefficient (Wildman–Crippen LogP) is 5.96. The van der Waals surface area contributed by atoms with E-state index in [9.17, 15) is 9.59 Å². The minimum Gasteiger partial charge on any atom is -0.462 e. The molecule has 0 heterocycles. The molecule has 1 aromatic rings. The maximum Gasteiger partial charge on any atom is 0.339 e. The first-order valence-electron chi connectivity index (χ1n) is 9.64. The van der Waals surface area contributed by atoms with E-state index in [1.54, 1.807) is 24.3 Å². The summed E-state index contributed by atoms with van der Waals surface area (Å²) in [5, 5.41) is 0. The minimum absolute atomic E-state index is 0.284. The third kappa shape index (κ3) is 10.0. The van der Waals surface area contributed by atoms with Crippen molar-refractivity contribution < 1.29 is 19.1 Å². The Labute approximate surface area is 158 Å². The second kappa shape index (κ2) is 16.4. The molecule has 0 atom stereocenters. The van der Waals surface area contributed by atoms with Gasteiger partial charge in [0.25, 0.3) is 0 Å². The highest BCUT2D eigenvalue weighted by Crippen LogP contribution is 2.13. The largest absolute Gasteiger partial charge is 0.462 e. The molecule has 0 spiro atoms. The Hall–Kier alpha value is -2.10. The lowest BCUT2D eigenvalue weighted by atomic mass is 10.1. The van der Waals surface area contributed by atoms with Crippen molar-refractivity contribution in [3.05, 3.63) is 48.6 Å². The average molecular weight is 363 g/mol. The quantitative estimate of drug-likeness (QED) is 0.261. The number of ether oxygens (including phenoxy) is 2. The molecule has 1 aromatic carbocycles. The molecule has 0 aliphatic heterocycles. The van der Waals surface area contributed by atoms with Crippen molar-refractivity contribution in [2.24, 2.45) is 0 Å². The number of rotatable bonds is 12. The summed E-state index contributed by atoms with van der Waals surface area (Å²) in [5.41, 5.74) is 0.568. The highest BCUT2D eigenvalue weighted by atomic mass is 16.5. The summed E-state index contributed by atoms with van der Waals surface area (Å²) in [7, 11) is 0. The number of hydrogen-bond acceptors (Lipinski definition) is 4. The fourth-order valence-corrected chi connectivity index (χ4v) is 2.38. The van der Waals surface area contributed by atoms with Crippen LogP contribution in [0.25, 0.3) is 0 Å². The molecular weight excluding hydrogens is 328 g/mol. The molecule has 26 heavy (non-hydrogen) atoms. The number of esters is 2. The maximum atomic E-state index is 12.2. The number of carbonyl (C=O) groups excluding carboxylic acids is 2. The van der Waals surface area contributed by atoms with Gasteiger partial charge in [0, 0.05) is 0 Å². The molecule has 1 rings (SSSR count). The van der Waals surface area contributed by atoms with Crippen molar-refractivity contribution >= 4 is 11.9 Å². The van der Waals surface area contributed by atoms with Gasteiger partial charge < -0.3 is 9.47 Å². The number of hydrogen-bond donors (Lipinski definition) is 0. The zero-order valence-corrected chi connectivity index (χ0v) is 16.4. The normalized spacial score (nSPS) is 9.77. The van der Waals surface area contributed by atoms with Gasteiger partial charge >= 0.3 is 11.9 Å². The van der Waals surface area contributed by atoms with E-state index < -0.39 is 11.9 Å². The first-order valence-corrected chi connectivity index (χ1v) is 9.64. The molecule has 0 N–H and O–H groups in total. The number of unbranched alkanes of at least 4 members (excludes halogenated alkanes) is 6. The van der Waals surface area contributed by atoms with E-state index in [-0.39, 0.29) is 11.1 Å². The van der Waals surface area contributed by atoms with Crippen molar-refractivity contribution in [1.29, 1.82) is 0 Å². The van der Waals surface area contributed by atoms with Crippen LogP contribution in [-0.2, 0) is 9.47 Å². The van der Waals surface area contributed by atoms with Crippen LogP contribution in [-0.4, -0.2) is 25.2 Å². The lowest BCUT2D eigenvalue weighted by Gasteiger charge is -2.10. The molecule has 4 nitrogen and oxygen atoms in total. The second-order valence-electron chi connectivity index (χ2n) is 5.94. The molecule has 0 amide bonds. The maximum absolute atomic E-state index is 12.2. The molecule has 0 aliphatic rings. The van der Waals surface area contributed by atoms with Crippen LogP contribution in [0.3, 0.4) is 0 Å². The minimum atomic E-state index is -0.454. The van der Waals surface area contributed by atoms with Gasteiger partial charge in [0.15, 0.2) is 0 Å². The summed E-state index contributed by atoms with van der Waals surface area (Å²) in [5.74, 6) is -0.907. The van der Waals surface area contributed by atoms with E-state index in [2.05, 4.69) is 27.0 Å². The van der Waals surface area contributed by atoms with Crippen LogP contribution < -0.4 is 0 Å². The number of benzene rings is 1. The summed E-state index contributed by atoms with van der Waals surface area (Å²) in [4.78, 5) is 24.4. The molecule has 0 aromatic heterocycles. The van der Waals surface area contributed by atoms with Gasteiger partial charge in [0.05, 0.1) is 24.3 Å². The number of carbonyl (C=O) groups is 2. The summed E-state index contributed by atoms with van der Waals surface area (Å²) in [6.45, 7) is 11.0. The fraction of sp³-hybridized carbons (Fsp3) is 0.545. The van der Waals surface area contributed by atoms with Gasteiger partial charge in [0.2, 0.25) is 0 Å². The van der Waals surface area contributed by atoms with Crippen molar-refractivity contribution in [2.45, 2.75) is 65.2 Å². The predicted molar refractivity (Wildman–Crippen MR) is 107 cm³/mol. The van der Waals surface area contributed by atoms with Crippen LogP contribution in [0.2, 0.25) is 0 Å². The molecule has 0 radical (unpaired) electrons. The van der Waals surface area contributed by atoms with Crippen molar-refractivity contribution in [2.75, 3.05) is 13.2 Å². The molecule has 4 heteroatoms. The van der Waals surface area contributed by atoms with Gasteiger partial charge in [-0.15, -0.1) is 13.2 Å². The first kappa shape index (κ1) is 23.9. The zero-order chi connectivity index (χ0) is 19.6. The molecule has 0 saturated carbocycles. The highest BCUT2D eigenvalue weighted by Gasteiger charge is 2.18. The van der Waals surface area contributed by atoms with Gasteiger partial charge in [-0.25, -0.2) is 9.59 Å².